The lowest BCUT2D eigenvalue weighted by atomic mass is 10.1. The van der Waals surface area contributed by atoms with Gasteiger partial charge in [-0.2, -0.15) is 5.10 Å². The maximum absolute atomic E-state index is 12.9. The molecule has 5 nitrogen and oxygen atoms in total. The van der Waals surface area contributed by atoms with Crippen molar-refractivity contribution >= 4 is 21.8 Å². The Morgan fingerprint density at radius 2 is 2.13 bits per heavy atom. The Balaban J connectivity index is 1.85. The number of aryl methyl sites for hydroxylation is 1. The molecule has 0 aliphatic carbocycles. The molecule has 0 unspecified atom stereocenters. The van der Waals surface area contributed by atoms with E-state index >= 15 is 0 Å². The second-order valence-corrected chi connectivity index (χ2v) is 6.88. The van der Waals surface area contributed by atoms with Gasteiger partial charge in [-0.05, 0) is 60.9 Å². The van der Waals surface area contributed by atoms with E-state index in [0.717, 1.165) is 31.7 Å². The first-order chi connectivity index (χ1) is 11.1. The first kappa shape index (κ1) is 16.2. The predicted octanol–water partition coefficient (Wildman–Crippen LogP) is 2.62. The average molecular weight is 377 g/mol. The number of amides is 1. The highest BCUT2D eigenvalue weighted by molar-refractivity contribution is 9.10. The van der Waals surface area contributed by atoms with Crippen molar-refractivity contribution in [2.24, 2.45) is 5.92 Å². The molecule has 1 aromatic heterocycles. The molecular formula is C17H21BrN4O. The van der Waals surface area contributed by atoms with Crippen LogP contribution in [-0.2, 0) is 0 Å². The van der Waals surface area contributed by atoms with E-state index in [9.17, 15) is 4.79 Å². The van der Waals surface area contributed by atoms with E-state index < -0.39 is 0 Å². The van der Waals surface area contributed by atoms with E-state index in [0.29, 0.717) is 16.2 Å². The van der Waals surface area contributed by atoms with Crippen LogP contribution in [0.4, 0.5) is 0 Å². The first-order valence-electron chi connectivity index (χ1n) is 7.85. The molecule has 1 saturated heterocycles. The fraction of sp³-hybridized carbons (Fsp3) is 0.412. The Morgan fingerprint density at radius 3 is 2.83 bits per heavy atom. The van der Waals surface area contributed by atoms with Gasteiger partial charge in [0.25, 0.3) is 5.91 Å². The number of likely N-dealkylation sites (tertiary alicyclic amines) is 1. The van der Waals surface area contributed by atoms with Gasteiger partial charge in [-0.25, -0.2) is 4.68 Å². The Labute approximate surface area is 144 Å². The summed E-state index contributed by atoms with van der Waals surface area (Å²) < 4.78 is 2.39. The lowest BCUT2D eigenvalue weighted by Gasteiger charge is -2.17. The molecule has 3 rings (SSSR count). The third-order valence-corrected chi connectivity index (χ3v) is 4.63. The van der Waals surface area contributed by atoms with Crippen LogP contribution in [0.25, 0.3) is 5.69 Å². The standard InChI is InChI=1S/C17H21BrN4O/c1-12-3-5-14(6-4-12)22-15(9-16(18)20-22)17(23)21-8-7-13(11-21)10-19-2/h3-6,9,13,19H,7-8,10-11H2,1-2H3/t13-/m0/s1. The van der Waals surface area contributed by atoms with Crippen molar-refractivity contribution in [2.75, 3.05) is 26.7 Å². The van der Waals surface area contributed by atoms with E-state index in [1.165, 1.54) is 5.56 Å². The number of carbonyl (C=O) groups excluding carboxylic acids is 1. The summed E-state index contributed by atoms with van der Waals surface area (Å²) in [5.74, 6) is 0.575. The lowest BCUT2D eigenvalue weighted by molar-refractivity contribution is 0.0778. The number of carbonyl (C=O) groups is 1. The van der Waals surface area contributed by atoms with Gasteiger partial charge in [-0.1, -0.05) is 17.7 Å². The highest BCUT2D eigenvalue weighted by atomic mass is 79.9. The zero-order valence-electron chi connectivity index (χ0n) is 13.4. The van der Waals surface area contributed by atoms with Gasteiger partial charge in [-0.3, -0.25) is 4.79 Å². The molecule has 0 bridgehead atoms. The topological polar surface area (TPSA) is 50.2 Å². The molecule has 6 heteroatoms. The van der Waals surface area contributed by atoms with Crippen molar-refractivity contribution in [2.45, 2.75) is 13.3 Å². The Hall–Kier alpha value is -1.66. The maximum Gasteiger partial charge on any atom is 0.272 e. The smallest absolute Gasteiger partial charge is 0.272 e. The number of nitrogens with zero attached hydrogens (tertiary/aromatic N) is 3. The van der Waals surface area contributed by atoms with Crippen molar-refractivity contribution in [1.82, 2.24) is 20.0 Å². The van der Waals surface area contributed by atoms with Crippen LogP contribution in [0.5, 0.6) is 0 Å². The molecule has 1 atom stereocenters. The highest BCUT2D eigenvalue weighted by Crippen LogP contribution is 2.22. The van der Waals surface area contributed by atoms with E-state index in [2.05, 4.69) is 26.3 Å². The van der Waals surface area contributed by atoms with Crippen LogP contribution in [-0.4, -0.2) is 47.3 Å². The van der Waals surface area contributed by atoms with Gasteiger partial charge in [0.1, 0.15) is 10.3 Å². The van der Waals surface area contributed by atoms with Crippen molar-refractivity contribution in [3.05, 3.63) is 46.2 Å². The molecule has 0 spiro atoms. The Morgan fingerprint density at radius 1 is 1.39 bits per heavy atom. The number of benzene rings is 1. The van der Waals surface area contributed by atoms with Crippen LogP contribution in [0.2, 0.25) is 0 Å². The molecule has 1 fully saturated rings. The van der Waals surface area contributed by atoms with Gasteiger partial charge < -0.3 is 10.2 Å². The second-order valence-electron chi connectivity index (χ2n) is 6.06. The van der Waals surface area contributed by atoms with Crippen LogP contribution in [0.1, 0.15) is 22.5 Å². The summed E-state index contributed by atoms with van der Waals surface area (Å²) in [5, 5.41) is 7.62. The SMILES string of the molecule is CNC[C@@H]1CCN(C(=O)c2cc(Br)nn2-c2ccc(C)cc2)C1. The Kier molecular flexibility index (Phi) is 4.82. The quantitative estimate of drug-likeness (QED) is 0.891. The molecule has 1 aliphatic rings. The normalized spacial score (nSPS) is 17.7. The highest BCUT2D eigenvalue weighted by Gasteiger charge is 2.29. The zero-order chi connectivity index (χ0) is 16.4. The molecule has 0 saturated carbocycles. The third-order valence-electron chi connectivity index (χ3n) is 4.24. The number of aromatic nitrogens is 2. The molecule has 122 valence electrons. The summed E-state index contributed by atoms with van der Waals surface area (Å²) in [7, 11) is 1.95. The third kappa shape index (κ3) is 3.48. The number of rotatable bonds is 4. The summed E-state index contributed by atoms with van der Waals surface area (Å²) in [4.78, 5) is 14.8. The molecule has 23 heavy (non-hydrogen) atoms. The maximum atomic E-state index is 12.9. The molecular weight excluding hydrogens is 356 g/mol. The number of halogens is 1. The van der Waals surface area contributed by atoms with E-state index in [1.54, 1.807) is 10.7 Å². The zero-order valence-corrected chi connectivity index (χ0v) is 15.0. The minimum absolute atomic E-state index is 0.0439. The van der Waals surface area contributed by atoms with Gasteiger partial charge in [0.05, 0.1) is 5.69 Å². The van der Waals surface area contributed by atoms with Crippen LogP contribution in [0.3, 0.4) is 0 Å². The van der Waals surface area contributed by atoms with E-state index in [1.807, 2.05) is 43.1 Å². The molecule has 2 heterocycles. The molecule has 1 aliphatic heterocycles. The fourth-order valence-electron chi connectivity index (χ4n) is 3.02. The van der Waals surface area contributed by atoms with Crippen molar-refractivity contribution in [3.8, 4) is 5.69 Å². The Bertz CT molecular complexity index is 695. The summed E-state index contributed by atoms with van der Waals surface area (Å²) in [6.45, 7) is 4.60. The number of nitrogens with one attached hydrogen (secondary N) is 1. The van der Waals surface area contributed by atoms with Crippen LogP contribution in [0, 0.1) is 12.8 Å². The number of hydrogen-bond acceptors (Lipinski definition) is 3. The average Bonchev–Trinajstić information content (AvgIpc) is 3.15. The molecule has 2 aromatic rings. The van der Waals surface area contributed by atoms with Gasteiger partial charge in [0.2, 0.25) is 0 Å². The summed E-state index contributed by atoms with van der Waals surface area (Å²) in [6, 6.07) is 9.82. The molecule has 1 amide bonds. The van der Waals surface area contributed by atoms with Crippen LogP contribution in [0.15, 0.2) is 34.9 Å². The predicted molar refractivity (Wildman–Crippen MR) is 93.9 cm³/mol. The minimum Gasteiger partial charge on any atom is -0.337 e. The van der Waals surface area contributed by atoms with E-state index in [-0.39, 0.29) is 5.91 Å². The summed E-state index contributed by atoms with van der Waals surface area (Å²) in [5.41, 5.74) is 2.68. The van der Waals surface area contributed by atoms with Gasteiger partial charge in [0, 0.05) is 19.2 Å². The van der Waals surface area contributed by atoms with Gasteiger partial charge >= 0.3 is 0 Å². The van der Waals surface area contributed by atoms with Gasteiger partial charge in [-0.15, -0.1) is 0 Å². The molecule has 1 aromatic carbocycles. The van der Waals surface area contributed by atoms with E-state index in [4.69, 9.17) is 0 Å². The fourth-order valence-corrected chi connectivity index (χ4v) is 3.40. The van der Waals surface area contributed by atoms with Crippen molar-refractivity contribution in [3.63, 3.8) is 0 Å². The van der Waals surface area contributed by atoms with Crippen LogP contribution < -0.4 is 5.32 Å². The molecule has 0 radical (unpaired) electrons. The molecule has 1 N–H and O–H groups in total. The van der Waals surface area contributed by atoms with Crippen molar-refractivity contribution < 1.29 is 4.79 Å². The lowest BCUT2D eigenvalue weighted by Crippen LogP contribution is -2.31. The monoisotopic (exact) mass is 376 g/mol. The van der Waals surface area contributed by atoms with Gasteiger partial charge in [0.15, 0.2) is 0 Å². The second kappa shape index (κ2) is 6.84. The minimum atomic E-state index is 0.0439. The first-order valence-corrected chi connectivity index (χ1v) is 8.64. The summed E-state index contributed by atoms with van der Waals surface area (Å²) in [6.07, 6.45) is 1.05. The number of hydrogen-bond donors (Lipinski definition) is 1. The van der Waals surface area contributed by atoms with Crippen molar-refractivity contribution in [1.29, 1.82) is 0 Å². The largest absolute Gasteiger partial charge is 0.337 e. The summed E-state index contributed by atoms with van der Waals surface area (Å²) >= 11 is 3.40. The van der Waals surface area contributed by atoms with Crippen LogP contribution >= 0.6 is 15.9 Å².